The van der Waals surface area contributed by atoms with Gasteiger partial charge < -0.3 is 14.8 Å². The number of anilines is 1. The number of nitrogens with one attached hydrogen (secondary N) is 1. The lowest BCUT2D eigenvalue weighted by atomic mass is 9.88. The normalized spacial score (nSPS) is 17.7. The van der Waals surface area contributed by atoms with Gasteiger partial charge in [-0.2, -0.15) is 0 Å². The highest BCUT2D eigenvalue weighted by molar-refractivity contribution is 7.92. The molecule has 0 saturated heterocycles. The number of carbonyl (C=O) groups excluding carboxylic acids is 1. The number of fused-ring (bicyclic) bond motifs is 2. The number of aryl methyl sites for hydroxylation is 2. The zero-order valence-electron chi connectivity index (χ0n) is 21.1. The molecule has 2 unspecified atom stereocenters. The van der Waals surface area contributed by atoms with E-state index in [1.54, 1.807) is 36.4 Å². The highest BCUT2D eigenvalue weighted by Crippen LogP contribution is 2.37. The van der Waals surface area contributed by atoms with Crippen molar-refractivity contribution in [3.05, 3.63) is 83.4 Å². The minimum absolute atomic E-state index is 0.115. The molecule has 0 aromatic heterocycles. The van der Waals surface area contributed by atoms with Gasteiger partial charge in [-0.1, -0.05) is 37.3 Å². The highest BCUT2D eigenvalue weighted by Gasteiger charge is 2.38. The molecule has 2 aliphatic rings. The molecule has 5 rings (SSSR count). The van der Waals surface area contributed by atoms with Crippen molar-refractivity contribution in [3.8, 4) is 11.5 Å². The minimum atomic E-state index is -3.95. The third-order valence-electron chi connectivity index (χ3n) is 7.17. The van der Waals surface area contributed by atoms with Crippen molar-refractivity contribution >= 4 is 21.6 Å². The number of carbonyl (C=O) groups is 1. The van der Waals surface area contributed by atoms with E-state index in [4.69, 9.17) is 9.47 Å². The Labute approximate surface area is 218 Å². The van der Waals surface area contributed by atoms with E-state index in [0.29, 0.717) is 23.6 Å². The molecule has 0 radical (unpaired) electrons. The first-order valence-electron chi connectivity index (χ1n) is 12.7. The number of nitrogens with zero attached hydrogens (tertiary/aromatic N) is 1. The molecular weight excluding hydrogens is 488 g/mol. The average molecular weight is 521 g/mol. The van der Waals surface area contributed by atoms with Crippen LogP contribution in [0.1, 0.15) is 48.9 Å². The molecule has 0 spiro atoms. The number of hydrogen-bond donors (Lipinski definition) is 1. The lowest BCUT2D eigenvalue weighted by molar-refractivity contribution is -0.128. The number of hydrogen-bond acceptors (Lipinski definition) is 5. The standard InChI is InChI=1S/C29H32N2O5S/c1-3-25(22-13-12-20-8-4-5-9-21(20)18-22)30-29(32)28-19-31(26-10-6-7-11-27(26)36-28)37(33,34)24-16-14-23(35-2)15-17-24/h6-7,10-18,25,28H,3-5,8-9,19H2,1-2H3,(H,30,32). The zero-order valence-corrected chi connectivity index (χ0v) is 22.0. The summed E-state index contributed by atoms with van der Waals surface area (Å²) in [7, 11) is -2.42. The second-order valence-corrected chi connectivity index (χ2v) is 11.4. The molecular formula is C29H32N2O5S. The molecule has 37 heavy (non-hydrogen) atoms. The number of amides is 1. The molecule has 194 valence electrons. The van der Waals surface area contributed by atoms with E-state index in [-0.39, 0.29) is 23.4 Å². The largest absolute Gasteiger partial charge is 0.497 e. The van der Waals surface area contributed by atoms with Crippen LogP contribution in [0.15, 0.2) is 71.6 Å². The predicted molar refractivity (Wildman–Crippen MR) is 143 cm³/mol. The molecule has 1 aliphatic heterocycles. The summed E-state index contributed by atoms with van der Waals surface area (Å²) < 4.78 is 39.8. The summed E-state index contributed by atoms with van der Waals surface area (Å²) in [6, 6.07) is 19.4. The Bertz CT molecular complexity index is 1390. The van der Waals surface area contributed by atoms with Crippen molar-refractivity contribution in [3.63, 3.8) is 0 Å². The maximum Gasteiger partial charge on any atom is 0.264 e. The van der Waals surface area contributed by atoms with Gasteiger partial charge in [-0.3, -0.25) is 9.10 Å². The second kappa shape index (κ2) is 10.5. The minimum Gasteiger partial charge on any atom is -0.497 e. The van der Waals surface area contributed by atoms with E-state index in [2.05, 4.69) is 23.5 Å². The van der Waals surface area contributed by atoms with Gasteiger partial charge in [0.2, 0.25) is 0 Å². The van der Waals surface area contributed by atoms with Gasteiger partial charge in [0, 0.05) is 0 Å². The zero-order chi connectivity index (χ0) is 26.0. The lowest BCUT2D eigenvalue weighted by Crippen LogP contribution is -2.51. The molecule has 0 fully saturated rings. The smallest absolute Gasteiger partial charge is 0.264 e. The van der Waals surface area contributed by atoms with Gasteiger partial charge >= 0.3 is 0 Å². The van der Waals surface area contributed by atoms with Crippen molar-refractivity contribution in [1.82, 2.24) is 5.32 Å². The number of ether oxygens (including phenoxy) is 2. The van der Waals surface area contributed by atoms with E-state index >= 15 is 0 Å². The third kappa shape index (κ3) is 5.03. The van der Waals surface area contributed by atoms with Gasteiger partial charge in [0.1, 0.15) is 11.5 Å². The Morgan fingerprint density at radius 3 is 2.51 bits per heavy atom. The summed E-state index contributed by atoms with van der Waals surface area (Å²) >= 11 is 0. The van der Waals surface area contributed by atoms with E-state index in [1.165, 1.54) is 47.5 Å². The second-order valence-electron chi connectivity index (χ2n) is 9.49. The fourth-order valence-corrected chi connectivity index (χ4v) is 6.57. The summed E-state index contributed by atoms with van der Waals surface area (Å²) in [5.41, 5.74) is 4.22. The van der Waals surface area contributed by atoms with Crippen LogP contribution in [-0.2, 0) is 27.7 Å². The van der Waals surface area contributed by atoms with Crippen LogP contribution in [0.2, 0.25) is 0 Å². The fraction of sp³-hybridized carbons (Fsp3) is 0.345. The number of benzene rings is 3. The molecule has 1 heterocycles. The lowest BCUT2D eigenvalue weighted by Gasteiger charge is -2.35. The monoisotopic (exact) mass is 520 g/mol. The first-order valence-corrected chi connectivity index (χ1v) is 14.2. The van der Waals surface area contributed by atoms with E-state index in [0.717, 1.165) is 18.4 Å². The average Bonchev–Trinajstić information content (AvgIpc) is 2.94. The summed E-state index contributed by atoms with van der Waals surface area (Å²) in [5.74, 6) is 0.577. The number of methoxy groups -OCH3 is 1. The van der Waals surface area contributed by atoms with Crippen LogP contribution in [0.4, 0.5) is 5.69 Å². The van der Waals surface area contributed by atoms with Crippen LogP contribution in [0, 0.1) is 0 Å². The van der Waals surface area contributed by atoms with Crippen LogP contribution >= 0.6 is 0 Å². The molecule has 8 heteroatoms. The molecule has 7 nitrogen and oxygen atoms in total. The maximum absolute atomic E-state index is 13.7. The highest BCUT2D eigenvalue weighted by atomic mass is 32.2. The van der Waals surface area contributed by atoms with Crippen LogP contribution < -0.4 is 19.1 Å². The van der Waals surface area contributed by atoms with Crippen LogP contribution in [0.3, 0.4) is 0 Å². The number of para-hydroxylation sites is 2. The topological polar surface area (TPSA) is 84.9 Å². The van der Waals surface area contributed by atoms with Gasteiger partial charge in [0.25, 0.3) is 15.9 Å². The SMILES string of the molecule is CCC(NC(=O)C1CN(S(=O)(=O)c2ccc(OC)cc2)c2ccccc2O1)c1ccc2c(c1)CCCC2. The van der Waals surface area contributed by atoms with Crippen LogP contribution in [-0.4, -0.2) is 34.1 Å². The number of sulfonamides is 1. The summed E-state index contributed by atoms with van der Waals surface area (Å²) in [6.07, 6.45) is 4.29. The van der Waals surface area contributed by atoms with Gasteiger partial charge in [-0.15, -0.1) is 0 Å². The predicted octanol–water partition coefficient (Wildman–Crippen LogP) is 4.80. The molecule has 3 aromatic rings. The summed E-state index contributed by atoms with van der Waals surface area (Å²) in [5, 5.41) is 3.12. The number of rotatable bonds is 7. The fourth-order valence-electron chi connectivity index (χ4n) is 5.10. The van der Waals surface area contributed by atoms with Crippen molar-refractivity contribution in [1.29, 1.82) is 0 Å². The molecule has 0 bridgehead atoms. The van der Waals surface area contributed by atoms with Gasteiger partial charge in [-0.05, 0) is 85.2 Å². The Hall–Kier alpha value is -3.52. The molecule has 2 atom stereocenters. The van der Waals surface area contributed by atoms with Gasteiger partial charge in [0.05, 0.1) is 30.3 Å². The Morgan fingerprint density at radius 1 is 1.05 bits per heavy atom. The Kier molecular flexibility index (Phi) is 7.11. The van der Waals surface area contributed by atoms with E-state index in [9.17, 15) is 13.2 Å². The Morgan fingerprint density at radius 2 is 1.78 bits per heavy atom. The van der Waals surface area contributed by atoms with Crippen molar-refractivity contribution in [2.75, 3.05) is 18.0 Å². The summed E-state index contributed by atoms with van der Waals surface area (Å²) in [6.45, 7) is 1.90. The van der Waals surface area contributed by atoms with E-state index in [1.807, 2.05) is 6.92 Å². The van der Waals surface area contributed by atoms with E-state index < -0.39 is 16.1 Å². The molecule has 1 amide bonds. The van der Waals surface area contributed by atoms with Gasteiger partial charge in [-0.25, -0.2) is 8.42 Å². The van der Waals surface area contributed by atoms with Crippen molar-refractivity contribution in [2.45, 2.75) is 56.1 Å². The third-order valence-corrected chi connectivity index (χ3v) is 8.97. The molecule has 1 aliphatic carbocycles. The van der Waals surface area contributed by atoms with Crippen LogP contribution in [0.5, 0.6) is 11.5 Å². The molecule has 0 saturated carbocycles. The van der Waals surface area contributed by atoms with Gasteiger partial charge in [0.15, 0.2) is 6.10 Å². The van der Waals surface area contributed by atoms with Crippen LogP contribution in [0.25, 0.3) is 0 Å². The molecule has 3 aromatic carbocycles. The quantitative estimate of drug-likeness (QED) is 0.484. The van der Waals surface area contributed by atoms with Crippen molar-refractivity contribution < 1.29 is 22.7 Å². The first kappa shape index (κ1) is 25.1. The maximum atomic E-state index is 13.7. The van der Waals surface area contributed by atoms with Crippen molar-refractivity contribution in [2.24, 2.45) is 0 Å². The summed E-state index contributed by atoms with van der Waals surface area (Å²) in [4.78, 5) is 13.6. The first-order chi connectivity index (χ1) is 17.9. The molecule has 1 N–H and O–H groups in total. The Balaban J connectivity index is 1.40.